The highest BCUT2D eigenvalue weighted by molar-refractivity contribution is 6.14. The summed E-state index contributed by atoms with van der Waals surface area (Å²) in [6, 6.07) is 58.3. The van der Waals surface area contributed by atoms with Gasteiger partial charge < -0.3 is 18.6 Å². The quantitative estimate of drug-likeness (QED) is 0.183. The Morgan fingerprint density at radius 3 is 1.21 bits per heavy atom. The summed E-state index contributed by atoms with van der Waals surface area (Å²) < 4.78 is 17.2. The Morgan fingerprint density at radius 2 is 0.768 bits per heavy atom. The topological polar surface area (TPSA) is 75.9 Å². The van der Waals surface area contributed by atoms with E-state index in [-0.39, 0.29) is 0 Å². The molecule has 4 heterocycles. The molecule has 8 aromatic carbocycles. The summed E-state index contributed by atoms with van der Waals surface area (Å²) in [5.74, 6) is 3.30. The normalized spacial score (nSPS) is 12.2. The second-order valence-corrected chi connectivity index (χ2v) is 14.4. The van der Waals surface area contributed by atoms with Gasteiger partial charge in [0.1, 0.15) is 0 Å². The highest BCUT2D eigenvalue weighted by Crippen LogP contribution is 2.48. The minimum atomic E-state index is 0.546. The van der Waals surface area contributed by atoms with Gasteiger partial charge in [0.2, 0.25) is 0 Å². The number of nitriles is 2. The van der Waals surface area contributed by atoms with Gasteiger partial charge in [-0.3, -0.25) is 0 Å². The number of hydrogen-bond acceptors (Lipinski definition) is 4. The van der Waals surface area contributed by atoms with Crippen molar-refractivity contribution in [2.75, 3.05) is 0 Å². The van der Waals surface area contributed by atoms with Gasteiger partial charge >= 0.3 is 0 Å². The number of nitrogens with zero attached hydrogens (tertiary/aromatic N) is 4. The van der Waals surface area contributed by atoms with Gasteiger partial charge in [0.15, 0.2) is 23.0 Å². The van der Waals surface area contributed by atoms with Crippen LogP contribution < -0.4 is 9.47 Å². The molecular formula is C50H26N4O2. The fourth-order valence-corrected chi connectivity index (χ4v) is 8.84. The molecule has 0 radical (unpaired) electrons. The van der Waals surface area contributed by atoms with Gasteiger partial charge in [0.05, 0.1) is 56.7 Å². The average molecular weight is 715 g/mol. The highest BCUT2D eigenvalue weighted by Gasteiger charge is 2.25. The monoisotopic (exact) mass is 714 g/mol. The second-order valence-electron chi connectivity index (χ2n) is 14.4. The molecule has 0 bridgehead atoms. The molecule has 0 spiro atoms. The van der Waals surface area contributed by atoms with Gasteiger partial charge in [-0.15, -0.1) is 0 Å². The molecule has 258 valence electrons. The van der Waals surface area contributed by atoms with Crippen molar-refractivity contribution in [2.24, 2.45) is 0 Å². The Morgan fingerprint density at radius 1 is 0.357 bits per heavy atom. The summed E-state index contributed by atoms with van der Waals surface area (Å²) >= 11 is 0. The predicted octanol–water partition coefficient (Wildman–Crippen LogP) is 12.8. The van der Waals surface area contributed by atoms with Crippen molar-refractivity contribution in [1.82, 2.24) is 9.13 Å². The lowest BCUT2D eigenvalue weighted by Gasteiger charge is -2.20. The van der Waals surface area contributed by atoms with E-state index in [1.54, 1.807) is 0 Å². The van der Waals surface area contributed by atoms with E-state index >= 15 is 0 Å². The maximum atomic E-state index is 10.3. The van der Waals surface area contributed by atoms with Crippen LogP contribution in [0.15, 0.2) is 158 Å². The minimum Gasteiger partial charge on any atom is -0.453 e. The molecular weight excluding hydrogens is 689 g/mol. The van der Waals surface area contributed by atoms with Crippen molar-refractivity contribution in [2.45, 2.75) is 0 Å². The molecule has 0 atom stereocenters. The van der Waals surface area contributed by atoms with Crippen molar-refractivity contribution >= 4 is 43.6 Å². The van der Waals surface area contributed by atoms with Crippen LogP contribution in [0.5, 0.6) is 23.0 Å². The number of para-hydroxylation sites is 6. The van der Waals surface area contributed by atoms with Gasteiger partial charge in [0, 0.05) is 21.5 Å². The fraction of sp³-hybridized carbons (Fsp3) is 0. The van der Waals surface area contributed by atoms with Crippen molar-refractivity contribution in [1.29, 1.82) is 10.5 Å². The van der Waals surface area contributed by atoms with Gasteiger partial charge in [-0.05, 0) is 130 Å². The molecule has 0 unspecified atom stereocenters. The zero-order chi connectivity index (χ0) is 37.1. The zero-order valence-electron chi connectivity index (χ0n) is 29.6. The second kappa shape index (κ2) is 11.2. The lowest BCUT2D eigenvalue weighted by atomic mass is 9.92. The average Bonchev–Trinajstić information content (AvgIpc) is 3.78. The largest absolute Gasteiger partial charge is 0.453 e. The molecule has 0 aliphatic carbocycles. The van der Waals surface area contributed by atoms with Crippen LogP contribution in [0.3, 0.4) is 0 Å². The zero-order valence-corrected chi connectivity index (χ0v) is 29.6. The van der Waals surface area contributed by atoms with Crippen LogP contribution in [-0.2, 0) is 0 Å². The lowest BCUT2D eigenvalue weighted by Crippen LogP contribution is -2.03. The molecule has 6 heteroatoms. The summed E-state index contributed by atoms with van der Waals surface area (Å²) in [7, 11) is 0. The molecule has 0 amide bonds. The predicted molar refractivity (Wildman–Crippen MR) is 221 cm³/mol. The third kappa shape index (κ3) is 4.24. The first-order chi connectivity index (χ1) is 27.6. The standard InChI is InChI=1S/C50H26N4O2/c51-27-29-19-33(31-15-17-41-39(25-31)37-7-5-13-47-49(37)53(41)43-9-1-3-11-45(43)55-47)23-35(21-29)36-22-30(28-52)20-34(24-36)32-16-18-42-40(26-32)38-8-6-14-48-50(38)54(42)44-10-2-4-12-46(44)56-48/h1-26H. The minimum absolute atomic E-state index is 0.546. The Balaban J connectivity index is 1.00. The Bertz CT molecular complexity index is 3230. The van der Waals surface area contributed by atoms with E-state index in [0.717, 1.165) is 111 Å². The van der Waals surface area contributed by atoms with Crippen LogP contribution in [0, 0.1) is 22.7 Å². The van der Waals surface area contributed by atoms with Crippen LogP contribution in [0.25, 0.3) is 88.4 Å². The molecule has 56 heavy (non-hydrogen) atoms. The maximum Gasteiger partial charge on any atom is 0.152 e. The van der Waals surface area contributed by atoms with Gasteiger partial charge in [-0.1, -0.05) is 60.7 Å². The van der Waals surface area contributed by atoms with Gasteiger partial charge in [0.25, 0.3) is 0 Å². The first kappa shape index (κ1) is 30.4. The summed E-state index contributed by atoms with van der Waals surface area (Å²) in [5.41, 5.74) is 12.9. The van der Waals surface area contributed by atoms with E-state index in [4.69, 9.17) is 9.47 Å². The van der Waals surface area contributed by atoms with Gasteiger partial charge in [-0.25, -0.2) is 0 Å². The summed E-state index contributed by atoms with van der Waals surface area (Å²) in [6.45, 7) is 0. The molecule has 2 aromatic heterocycles. The molecule has 0 fully saturated rings. The van der Waals surface area contributed by atoms with Crippen molar-refractivity contribution in [3.05, 3.63) is 169 Å². The fourth-order valence-electron chi connectivity index (χ4n) is 8.84. The number of benzene rings is 8. The van der Waals surface area contributed by atoms with Crippen molar-refractivity contribution in [3.63, 3.8) is 0 Å². The number of aromatic nitrogens is 2. The van der Waals surface area contributed by atoms with Gasteiger partial charge in [-0.2, -0.15) is 10.5 Å². The molecule has 6 nitrogen and oxygen atoms in total. The van der Waals surface area contributed by atoms with E-state index < -0.39 is 0 Å². The third-order valence-corrected chi connectivity index (χ3v) is 11.3. The molecule has 10 aromatic rings. The van der Waals surface area contributed by atoms with E-state index in [1.807, 2.05) is 84.9 Å². The summed E-state index contributed by atoms with van der Waals surface area (Å²) in [6.07, 6.45) is 0. The first-order valence-corrected chi connectivity index (χ1v) is 18.4. The van der Waals surface area contributed by atoms with E-state index in [1.165, 1.54) is 0 Å². The van der Waals surface area contributed by atoms with E-state index in [9.17, 15) is 10.5 Å². The number of hydrogen-bond donors (Lipinski definition) is 0. The van der Waals surface area contributed by atoms with Crippen LogP contribution in [0.1, 0.15) is 11.1 Å². The summed E-state index contributed by atoms with van der Waals surface area (Å²) in [5, 5.41) is 24.9. The lowest BCUT2D eigenvalue weighted by molar-refractivity contribution is 0.476. The smallest absolute Gasteiger partial charge is 0.152 e. The Hall–Kier alpha value is -8.06. The van der Waals surface area contributed by atoms with E-state index in [0.29, 0.717) is 11.1 Å². The van der Waals surface area contributed by atoms with Crippen LogP contribution in [-0.4, -0.2) is 9.13 Å². The molecule has 2 aliphatic heterocycles. The maximum absolute atomic E-state index is 10.3. The number of fused-ring (bicyclic) bond motifs is 10. The number of rotatable bonds is 3. The van der Waals surface area contributed by atoms with Crippen molar-refractivity contribution in [3.8, 4) is 79.9 Å². The molecule has 0 N–H and O–H groups in total. The van der Waals surface area contributed by atoms with E-state index in [2.05, 4.69) is 94.1 Å². The van der Waals surface area contributed by atoms with Crippen LogP contribution >= 0.6 is 0 Å². The molecule has 0 saturated heterocycles. The first-order valence-electron chi connectivity index (χ1n) is 18.4. The SMILES string of the molecule is N#Cc1cc(-c2cc(C#N)cc(-c3ccc4c(c3)c3cccc5c3n4-c3ccccc3O5)c2)cc(-c2ccc3c(c2)c2cccc4c2n3-c2ccccc2O4)c1. The van der Waals surface area contributed by atoms with Crippen LogP contribution in [0.2, 0.25) is 0 Å². The molecule has 0 saturated carbocycles. The third-order valence-electron chi connectivity index (χ3n) is 11.3. The molecule has 2 aliphatic rings. The highest BCUT2D eigenvalue weighted by atomic mass is 16.5. The Kier molecular flexibility index (Phi) is 6.10. The Labute approximate surface area is 320 Å². The molecule has 12 rings (SSSR count). The number of ether oxygens (including phenoxy) is 2. The van der Waals surface area contributed by atoms with Crippen molar-refractivity contribution < 1.29 is 9.47 Å². The summed E-state index contributed by atoms with van der Waals surface area (Å²) in [4.78, 5) is 0. The van der Waals surface area contributed by atoms with Crippen LogP contribution in [0.4, 0.5) is 0 Å².